The average molecular weight is 181 g/mol. The van der Waals surface area contributed by atoms with Gasteiger partial charge in [-0.15, -0.1) is 0 Å². The molecule has 1 nitrogen and oxygen atoms in total. The molecule has 13 heavy (non-hydrogen) atoms. The highest BCUT2D eigenvalue weighted by Gasteiger charge is 2.25. The smallest absolute Gasteiger partial charge is 0.00626 e. The summed E-state index contributed by atoms with van der Waals surface area (Å²) in [5.41, 5.74) is 1.24. The number of rotatable bonds is 3. The lowest BCUT2D eigenvalue weighted by atomic mass is 9.75. The predicted molar refractivity (Wildman–Crippen MR) is 58.5 cm³/mol. The molecular weight excluding hydrogens is 158 g/mol. The number of allylic oxidation sites excluding steroid dienone is 1. The molecule has 2 unspecified atom stereocenters. The molecule has 2 atom stereocenters. The van der Waals surface area contributed by atoms with Crippen molar-refractivity contribution in [2.75, 3.05) is 7.05 Å². The van der Waals surface area contributed by atoms with Crippen LogP contribution in [0.5, 0.6) is 0 Å². The van der Waals surface area contributed by atoms with E-state index in [1.54, 1.807) is 0 Å². The van der Waals surface area contributed by atoms with Crippen molar-refractivity contribution in [1.29, 1.82) is 0 Å². The number of hydrogen-bond donors (Lipinski definition) is 1. The monoisotopic (exact) mass is 181 g/mol. The molecule has 76 valence electrons. The Morgan fingerprint density at radius 3 is 2.62 bits per heavy atom. The summed E-state index contributed by atoms with van der Waals surface area (Å²) in [5, 5.41) is 3.20. The molecule has 1 aliphatic rings. The Bertz CT molecular complexity index is 172. The lowest BCUT2D eigenvalue weighted by Gasteiger charge is -2.32. The van der Waals surface area contributed by atoms with Gasteiger partial charge in [-0.3, -0.25) is 0 Å². The molecule has 0 bridgehead atoms. The third kappa shape index (κ3) is 2.75. The van der Waals surface area contributed by atoms with Gasteiger partial charge in [0.2, 0.25) is 0 Å². The first-order chi connectivity index (χ1) is 6.15. The molecule has 1 rings (SSSR count). The largest absolute Gasteiger partial charge is 0.392 e. The van der Waals surface area contributed by atoms with Crippen LogP contribution in [0.15, 0.2) is 12.3 Å². The predicted octanol–water partition coefficient (Wildman–Crippen LogP) is 3.18. The third-order valence-electron chi connectivity index (χ3n) is 3.47. The van der Waals surface area contributed by atoms with E-state index in [0.717, 1.165) is 17.8 Å². The van der Waals surface area contributed by atoms with Crippen LogP contribution >= 0.6 is 0 Å². The number of nitrogens with one attached hydrogen (secondary N) is 1. The fourth-order valence-corrected chi connectivity index (χ4v) is 2.35. The van der Waals surface area contributed by atoms with Gasteiger partial charge in [-0.25, -0.2) is 0 Å². The molecule has 0 radical (unpaired) electrons. The van der Waals surface area contributed by atoms with Crippen molar-refractivity contribution in [1.82, 2.24) is 5.32 Å². The Morgan fingerprint density at radius 2 is 2.08 bits per heavy atom. The zero-order valence-corrected chi connectivity index (χ0v) is 9.27. The van der Waals surface area contributed by atoms with Gasteiger partial charge in [0.15, 0.2) is 0 Å². The second-order valence-corrected chi connectivity index (χ2v) is 4.64. The van der Waals surface area contributed by atoms with E-state index in [1.165, 1.54) is 31.4 Å². The first kappa shape index (κ1) is 10.6. The zero-order chi connectivity index (χ0) is 9.84. The van der Waals surface area contributed by atoms with Crippen molar-refractivity contribution >= 4 is 0 Å². The molecular formula is C12H23N. The first-order valence-corrected chi connectivity index (χ1v) is 5.51. The van der Waals surface area contributed by atoms with Crippen LogP contribution in [0.25, 0.3) is 0 Å². The first-order valence-electron chi connectivity index (χ1n) is 5.51. The molecule has 0 aromatic rings. The van der Waals surface area contributed by atoms with Crippen LogP contribution in [-0.2, 0) is 0 Å². The fraction of sp³-hybridized carbons (Fsp3) is 0.833. The van der Waals surface area contributed by atoms with Gasteiger partial charge in [0.25, 0.3) is 0 Å². The average Bonchev–Trinajstić information content (AvgIpc) is 2.17. The molecule has 0 saturated heterocycles. The molecule has 1 aliphatic carbocycles. The fourth-order valence-electron chi connectivity index (χ4n) is 2.35. The van der Waals surface area contributed by atoms with Crippen LogP contribution in [0.4, 0.5) is 0 Å². The van der Waals surface area contributed by atoms with Crippen LogP contribution in [0.3, 0.4) is 0 Å². The Morgan fingerprint density at radius 1 is 1.38 bits per heavy atom. The quantitative estimate of drug-likeness (QED) is 0.705. The van der Waals surface area contributed by atoms with Gasteiger partial charge < -0.3 is 5.32 Å². The van der Waals surface area contributed by atoms with Gasteiger partial charge in [-0.2, -0.15) is 0 Å². The molecule has 1 saturated carbocycles. The van der Waals surface area contributed by atoms with E-state index in [2.05, 4.69) is 25.7 Å². The molecule has 1 N–H and O–H groups in total. The van der Waals surface area contributed by atoms with E-state index in [4.69, 9.17) is 0 Å². The third-order valence-corrected chi connectivity index (χ3v) is 3.47. The van der Waals surface area contributed by atoms with Crippen LogP contribution < -0.4 is 5.32 Å². The van der Waals surface area contributed by atoms with Crippen LogP contribution in [-0.4, -0.2) is 7.05 Å². The van der Waals surface area contributed by atoms with E-state index in [-0.39, 0.29) is 0 Å². The maximum absolute atomic E-state index is 4.08. The summed E-state index contributed by atoms with van der Waals surface area (Å²) in [6, 6.07) is 0. The van der Waals surface area contributed by atoms with Gasteiger partial charge in [0.05, 0.1) is 0 Å². The molecule has 0 aromatic heterocycles. The topological polar surface area (TPSA) is 12.0 Å². The highest BCUT2D eigenvalue weighted by molar-refractivity contribution is 4.99. The standard InChI is InChI=1S/C12H23N/c1-9(2)11-6-5-7-12(8-11)10(3)13-4/h9,11-13H,3,5-8H2,1-2,4H3. The van der Waals surface area contributed by atoms with Crippen molar-refractivity contribution in [2.24, 2.45) is 17.8 Å². The van der Waals surface area contributed by atoms with Crippen LogP contribution in [0.2, 0.25) is 0 Å². The van der Waals surface area contributed by atoms with Crippen molar-refractivity contribution in [3.8, 4) is 0 Å². The van der Waals surface area contributed by atoms with Gasteiger partial charge in [-0.1, -0.05) is 33.3 Å². The van der Waals surface area contributed by atoms with Gasteiger partial charge in [-0.05, 0) is 30.6 Å². The van der Waals surface area contributed by atoms with Crippen LogP contribution in [0.1, 0.15) is 39.5 Å². The summed E-state index contributed by atoms with van der Waals surface area (Å²) >= 11 is 0. The van der Waals surface area contributed by atoms with Crippen molar-refractivity contribution in [2.45, 2.75) is 39.5 Å². The highest BCUT2D eigenvalue weighted by Crippen LogP contribution is 2.35. The lowest BCUT2D eigenvalue weighted by Crippen LogP contribution is -2.24. The van der Waals surface area contributed by atoms with Crippen LogP contribution in [0, 0.1) is 17.8 Å². The summed E-state index contributed by atoms with van der Waals surface area (Å²) < 4.78 is 0. The Balaban J connectivity index is 2.46. The minimum atomic E-state index is 0.728. The minimum absolute atomic E-state index is 0.728. The molecule has 0 amide bonds. The number of hydrogen-bond acceptors (Lipinski definition) is 1. The lowest BCUT2D eigenvalue weighted by molar-refractivity contribution is 0.231. The minimum Gasteiger partial charge on any atom is -0.392 e. The maximum Gasteiger partial charge on any atom is 0.00626 e. The summed E-state index contributed by atoms with van der Waals surface area (Å²) in [7, 11) is 1.99. The summed E-state index contributed by atoms with van der Waals surface area (Å²) in [4.78, 5) is 0. The van der Waals surface area contributed by atoms with Gasteiger partial charge in [0, 0.05) is 12.7 Å². The van der Waals surface area contributed by atoms with Crippen molar-refractivity contribution in [3.63, 3.8) is 0 Å². The maximum atomic E-state index is 4.08. The normalized spacial score (nSPS) is 28.9. The highest BCUT2D eigenvalue weighted by atomic mass is 14.8. The molecule has 0 heterocycles. The summed E-state index contributed by atoms with van der Waals surface area (Å²) in [6.07, 6.45) is 5.49. The second kappa shape index (κ2) is 4.69. The Kier molecular flexibility index (Phi) is 3.83. The second-order valence-electron chi connectivity index (χ2n) is 4.64. The molecule has 0 spiro atoms. The molecule has 1 fully saturated rings. The molecule has 1 heteroatoms. The van der Waals surface area contributed by atoms with E-state index in [9.17, 15) is 0 Å². The Hall–Kier alpha value is -0.460. The van der Waals surface area contributed by atoms with E-state index < -0.39 is 0 Å². The van der Waals surface area contributed by atoms with Crippen molar-refractivity contribution < 1.29 is 0 Å². The molecule has 0 aromatic carbocycles. The van der Waals surface area contributed by atoms with Gasteiger partial charge in [0.1, 0.15) is 0 Å². The van der Waals surface area contributed by atoms with Crippen molar-refractivity contribution in [3.05, 3.63) is 12.3 Å². The summed E-state index contributed by atoms with van der Waals surface area (Å²) in [6.45, 7) is 8.76. The zero-order valence-electron chi connectivity index (χ0n) is 9.27. The van der Waals surface area contributed by atoms with E-state index in [0.29, 0.717) is 0 Å². The van der Waals surface area contributed by atoms with Gasteiger partial charge >= 0.3 is 0 Å². The molecule has 0 aliphatic heterocycles. The van der Waals surface area contributed by atoms with E-state index >= 15 is 0 Å². The van der Waals surface area contributed by atoms with E-state index in [1.807, 2.05) is 7.05 Å². The summed E-state index contributed by atoms with van der Waals surface area (Å²) in [5.74, 6) is 2.49. The SMILES string of the molecule is C=C(NC)C1CCCC(C(C)C)C1. The Labute approximate surface area is 82.6 Å².